The number of thiophene rings is 1. The summed E-state index contributed by atoms with van der Waals surface area (Å²) in [5, 5.41) is 6.16. The van der Waals surface area contributed by atoms with Gasteiger partial charge in [-0.3, -0.25) is 0 Å². The van der Waals surface area contributed by atoms with Crippen molar-refractivity contribution in [2.24, 2.45) is 0 Å². The third-order valence-electron chi connectivity index (χ3n) is 3.23. The number of nitrogens with one attached hydrogen (secondary N) is 1. The quantitative estimate of drug-likeness (QED) is 0.877. The summed E-state index contributed by atoms with van der Waals surface area (Å²) in [4.78, 5) is 5.74. The zero-order valence-corrected chi connectivity index (χ0v) is 11.4. The molecule has 1 unspecified atom stereocenters. The van der Waals surface area contributed by atoms with Gasteiger partial charge in [-0.1, -0.05) is 11.6 Å². The number of rotatable bonds is 2. The maximum atomic E-state index is 6.15. The van der Waals surface area contributed by atoms with Gasteiger partial charge in [0.25, 0.3) is 0 Å². The zero-order valence-electron chi connectivity index (χ0n) is 9.82. The van der Waals surface area contributed by atoms with E-state index in [4.69, 9.17) is 17.3 Å². The molecule has 0 fully saturated rings. The van der Waals surface area contributed by atoms with Gasteiger partial charge in [-0.2, -0.15) is 0 Å². The van der Waals surface area contributed by atoms with Crippen LogP contribution >= 0.6 is 22.9 Å². The molecule has 2 heterocycles. The van der Waals surface area contributed by atoms with Crippen molar-refractivity contribution in [1.29, 1.82) is 0 Å². The molecule has 0 radical (unpaired) electrons. The van der Waals surface area contributed by atoms with Crippen LogP contribution < -0.4 is 11.1 Å². The average Bonchev–Trinajstić information content (AvgIpc) is 2.82. The number of anilines is 2. The summed E-state index contributed by atoms with van der Waals surface area (Å²) < 4.78 is 0. The molecule has 18 heavy (non-hydrogen) atoms. The van der Waals surface area contributed by atoms with Crippen molar-refractivity contribution in [3.05, 3.63) is 39.2 Å². The minimum Gasteiger partial charge on any atom is -0.397 e. The Hall–Kier alpha value is -1.26. The van der Waals surface area contributed by atoms with Crippen molar-refractivity contribution >= 4 is 34.4 Å². The van der Waals surface area contributed by atoms with Crippen molar-refractivity contribution in [3.63, 3.8) is 0 Å². The van der Waals surface area contributed by atoms with E-state index in [2.05, 4.69) is 21.7 Å². The van der Waals surface area contributed by atoms with Gasteiger partial charge in [0.2, 0.25) is 0 Å². The van der Waals surface area contributed by atoms with Gasteiger partial charge in [0.1, 0.15) is 5.82 Å². The van der Waals surface area contributed by atoms with Gasteiger partial charge in [-0.25, -0.2) is 4.98 Å². The third-order valence-corrected chi connectivity index (χ3v) is 4.51. The van der Waals surface area contributed by atoms with Gasteiger partial charge >= 0.3 is 0 Å². The minimum absolute atomic E-state index is 0.314. The lowest BCUT2D eigenvalue weighted by Gasteiger charge is -2.24. The van der Waals surface area contributed by atoms with Crippen molar-refractivity contribution in [1.82, 2.24) is 4.98 Å². The molecule has 3 N–H and O–H groups in total. The standard InChI is InChI=1S/C13H14ClN3S/c14-10-6-8(15)7-16-13(10)17-11-2-1-3-12-9(11)4-5-18-12/h4-7,11H,1-3,15H2,(H,16,17). The smallest absolute Gasteiger partial charge is 0.145 e. The Morgan fingerprint density at radius 1 is 1.50 bits per heavy atom. The Kier molecular flexibility index (Phi) is 3.14. The van der Waals surface area contributed by atoms with Gasteiger partial charge < -0.3 is 11.1 Å². The second-order valence-corrected chi connectivity index (χ2v) is 5.90. The van der Waals surface area contributed by atoms with Crippen molar-refractivity contribution in [2.45, 2.75) is 25.3 Å². The lowest BCUT2D eigenvalue weighted by molar-refractivity contribution is 0.607. The Morgan fingerprint density at radius 3 is 3.22 bits per heavy atom. The molecule has 0 amide bonds. The predicted molar refractivity (Wildman–Crippen MR) is 77.3 cm³/mol. The normalized spacial score (nSPS) is 18.4. The highest BCUT2D eigenvalue weighted by Gasteiger charge is 2.21. The summed E-state index contributed by atoms with van der Waals surface area (Å²) in [6.45, 7) is 0. The van der Waals surface area contributed by atoms with Crippen LogP contribution in [0.2, 0.25) is 5.02 Å². The topological polar surface area (TPSA) is 50.9 Å². The largest absolute Gasteiger partial charge is 0.397 e. The van der Waals surface area contributed by atoms with Crippen LogP contribution in [0.25, 0.3) is 0 Å². The Balaban J connectivity index is 1.86. The van der Waals surface area contributed by atoms with E-state index in [1.54, 1.807) is 12.3 Å². The third kappa shape index (κ3) is 2.18. The molecule has 0 bridgehead atoms. The number of nitrogens with two attached hydrogens (primary N) is 1. The zero-order chi connectivity index (χ0) is 12.5. The van der Waals surface area contributed by atoms with E-state index in [-0.39, 0.29) is 0 Å². The maximum Gasteiger partial charge on any atom is 0.145 e. The molecule has 2 aromatic rings. The van der Waals surface area contributed by atoms with E-state index < -0.39 is 0 Å². The average molecular weight is 280 g/mol. The summed E-state index contributed by atoms with van der Waals surface area (Å²) in [6, 6.07) is 4.24. The van der Waals surface area contributed by atoms with Crippen LogP contribution in [0.4, 0.5) is 11.5 Å². The number of aromatic nitrogens is 1. The van der Waals surface area contributed by atoms with Crippen molar-refractivity contribution in [2.75, 3.05) is 11.1 Å². The summed E-state index contributed by atoms with van der Waals surface area (Å²) in [6.07, 6.45) is 5.14. The predicted octanol–water partition coefficient (Wildman–Crippen LogP) is 3.87. The van der Waals surface area contributed by atoms with Gasteiger partial charge in [-0.15, -0.1) is 11.3 Å². The number of halogens is 1. The number of aryl methyl sites for hydroxylation is 1. The number of hydrogen-bond acceptors (Lipinski definition) is 4. The first-order chi connectivity index (χ1) is 8.74. The molecule has 0 saturated carbocycles. The summed E-state index contributed by atoms with van der Waals surface area (Å²) in [5.74, 6) is 0.718. The van der Waals surface area contributed by atoms with E-state index in [0.717, 1.165) is 12.2 Å². The van der Waals surface area contributed by atoms with Crippen LogP contribution in [-0.4, -0.2) is 4.98 Å². The van der Waals surface area contributed by atoms with E-state index in [0.29, 0.717) is 16.8 Å². The lowest BCUT2D eigenvalue weighted by atomic mass is 9.94. The highest BCUT2D eigenvalue weighted by atomic mass is 35.5. The fourth-order valence-electron chi connectivity index (χ4n) is 2.36. The second kappa shape index (κ2) is 4.78. The first-order valence-corrected chi connectivity index (χ1v) is 7.23. The Labute approximate surface area is 115 Å². The minimum atomic E-state index is 0.314. The number of hydrogen-bond donors (Lipinski definition) is 2. The first-order valence-electron chi connectivity index (χ1n) is 5.98. The molecule has 0 aromatic carbocycles. The van der Waals surface area contributed by atoms with Crippen LogP contribution in [0.15, 0.2) is 23.7 Å². The van der Waals surface area contributed by atoms with Gasteiger partial charge in [0.05, 0.1) is 22.9 Å². The van der Waals surface area contributed by atoms with Gasteiger partial charge in [-0.05, 0) is 42.3 Å². The summed E-state index contributed by atoms with van der Waals surface area (Å²) in [5.41, 5.74) is 7.63. The fraction of sp³-hybridized carbons (Fsp3) is 0.308. The molecular weight excluding hydrogens is 266 g/mol. The Morgan fingerprint density at radius 2 is 2.39 bits per heavy atom. The van der Waals surface area contributed by atoms with Crippen molar-refractivity contribution < 1.29 is 0 Å². The lowest BCUT2D eigenvalue weighted by Crippen LogP contribution is -2.16. The van der Waals surface area contributed by atoms with Crippen molar-refractivity contribution in [3.8, 4) is 0 Å². The van der Waals surface area contributed by atoms with E-state index in [1.165, 1.54) is 23.3 Å². The number of pyridine rings is 1. The monoisotopic (exact) mass is 279 g/mol. The highest BCUT2D eigenvalue weighted by molar-refractivity contribution is 7.10. The van der Waals surface area contributed by atoms with Crippen LogP contribution in [0.3, 0.4) is 0 Å². The SMILES string of the molecule is Nc1cnc(NC2CCCc3sccc32)c(Cl)c1. The summed E-state index contributed by atoms with van der Waals surface area (Å²) in [7, 11) is 0. The number of fused-ring (bicyclic) bond motifs is 1. The van der Waals surface area contributed by atoms with Crippen LogP contribution in [-0.2, 0) is 6.42 Å². The van der Waals surface area contributed by atoms with E-state index >= 15 is 0 Å². The molecule has 2 aromatic heterocycles. The Bertz CT molecular complexity index is 567. The molecular formula is C13H14ClN3S. The highest BCUT2D eigenvalue weighted by Crippen LogP contribution is 2.36. The number of nitrogens with zero attached hydrogens (tertiary/aromatic N) is 1. The number of nitrogen functional groups attached to an aromatic ring is 1. The van der Waals surface area contributed by atoms with Gasteiger partial charge in [0.15, 0.2) is 0 Å². The molecule has 5 heteroatoms. The molecule has 0 saturated heterocycles. The van der Waals surface area contributed by atoms with Gasteiger partial charge in [0, 0.05) is 4.88 Å². The molecule has 0 spiro atoms. The van der Waals surface area contributed by atoms with Crippen LogP contribution in [0.1, 0.15) is 29.3 Å². The molecule has 3 rings (SSSR count). The summed E-state index contributed by atoms with van der Waals surface area (Å²) >= 11 is 7.98. The molecule has 1 atom stereocenters. The van der Waals surface area contributed by atoms with Crippen LogP contribution in [0.5, 0.6) is 0 Å². The van der Waals surface area contributed by atoms with Crippen LogP contribution in [0, 0.1) is 0 Å². The van der Waals surface area contributed by atoms with E-state index in [1.807, 2.05) is 11.3 Å². The van der Waals surface area contributed by atoms with E-state index in [9.17, 15) is 0 Å². The second-order valence-electron chi connectivity index (χ2n) is 4.49. The fourth-order valence-corrected chi connectivity index (χ4v) is 3.58. The molecule has 3 nitrogen and oxygen atoms in total. The molecule has 1 aliphatic carbocycles. The molecule has 94 valence electrons. The molecule has 1 aliphatic rings. The maximum absolute atomic E-state index is 6.15. The molecule has 0 aliphatic heterocycles. The first kappa shape index (κ1) is 11.8.